The van der Waals surface area contributed by atoms with Crippen LogP contribution in [0.1, 0.15) is 12.8 Å². The molecule has 16 heavy (non-hydrogen) atoms. The molecule has 0 bridgehead atoms. The van der Waals surface area contributed by atoms with Crippen LogP contribution in [0.5, 0.6) is 5.75 Å². The molecule has 1 aromatic carbocycles. The monoisotopic (exact) mass is 221 g/mol. The molecule has 1 aromatic rings. The molecular formula is C12H15NO3. The number of nitrogens with one attached hydrogen (secondary N) is 1. The van der Waals surface area contributed by atoms with Gasteiger partial charge in [-0.3, -0.25) is 4.79 Å². The molecule has 4 heteroatoms. The fourth-order valence-electron chi connectivity index (χ4n) is 1.64. The molecule has 2 rings (SSSR count). The number of benzene rings is 1. The van der Waals surface area contributed by atoms with E-state index in [0.717, 1.165) is 12.8 Å². The molecule has 1 amide bonds. The van der Waals surface area contributed by atoms with Gasteiger partial charge < -0.3 is 9.57 Å². The molecule has 0 aliphatic carbocycles. The molecule has 1 fully saturated rings. The lowest BCUT2D eigenvalue weighted by Gasteiger charge is -2.20. The smallest absolute Gasteiger partial charge is 0.255 e. The first-order chi connectivity index (χ1) is 7.86. The Kier molecular flexibility index (Phi) is 3.77. The van der Waals surface area contributed by atoms with E-state index in [1.54, 1.807) is 12.1 Å². The van der Waals surface area contributed by atoms with Crippen molar-refractivity contribution in [1.82, 2.24) is 5.48 Å². The SMILES string of the molecule is O=C(NOc1ccccc1)C1CCOCC1. The maximum absolute atomic E-state index is 11.7. The van der Waals surface area contributed by atoms with Gasteiger partial charge in [-0.15, -0.1) is 0 Å². The van der Waals surface area contributed by atoms with Crippen molar-refractivity contribution in [3.8, 4) is 5.75 Å². The van der Waals surface area contributed by atoms with Gasteiger partial charge in [-0.1, -0.05) is 18.2 Å². The molecule has 1 aliphatic heterocycles. The van der Waals surface area contributed by atoms with E-state index >= 15 is 0 Å². The van der Waals surface area contributed by atoms with Crippen molar-refractivity contribution in [1.29, 1.82) is 0 Å². The summed E-state index contributed by atoms with van der Waals surface area (Å²) >= 11 is 0. The summed E-state index contributed by atoms with van der Waals surface area (Å²) in [6, 6.07) is 9.20. The van der Waals surface area contributed by atoms with Crippen LogP contribution in [0.15, 0.2) is 30.3 Å². The minimum Gasteiger partial charge on any atom is -0.381 e. The molecule has 0 unspecified atom stereocenters. The highest BCUT2D eigenvalue weighted by Gasteiger charge is 2.21. The molecular weight excluding hydrogens is 206 g/mol. The minimum atomic E-state index is -0.0628. The summed E-state index contributed by atoms with van der Waals surface area (Å²) in [5.74, 6) is 0.590. The van der Waals surface area contributed by atoms with Gasteiger partial charge in [-0.2, -0.15) is 5.48 Å². The second kappa shape index (κ2) is 5.51. The van der Waals surface area contributed by atoms with Gasteiger partial charge in [0.05, 0.1) is 0 Å². The lowest BCUT2D eigenvalue weighted by molar-refractivity contribution is -0.134. The zero-order chi connectivity index (χ0) is 11.2. The van der Waals surface area contributed by atoms with Crippen LogP contribution in [0.4, 0.5) is 0 Å². The van der Waals surface area contributed by atoms with Crippen LogP contribution in [-0.4, -0.2) is 19.1 Å². The van der Waals surface area contributed by atoms with Crippen molar-refractivity contribution in [2.75, 3.05) is 13.2 Å². The first kappa shape index (κ1) is 11.0. The highest BCUT2D eigenvalue weighted by atomic mass is 16.7. The number of rotatable bonds is 3. The van der Waals surface area contributed by atoms with E-state index in [1.807, 2.05) is 18.2 Å². The largest absolute Gasteiger partial charge is 0.381 e. The topological polar surface area (TPSA) is 47.6 Å². The van der Waals surface area contributed by atoms with Gasteiger partial charge >= 0.3 is 0 Å². The van der Waals surface area contributed by atoms with Gasteiger partial charge in [0, 0.05) is 19.1 Å². The Labute approximate surface area is 94.5 Å². The minimum absolute atomic E-state index is 0.0115. The summed E-state index contributed by atoms with van der Waals surface area (Å²) in [7, 11) is 0. The number of hydroxylamine groups is 1. The van der Waals surface area contributed by atoms with E-state index in [1.165, 1.54) is 0 Å². The molecule has 1 N–H and O–H groups in total. The molecule has 0 saturated carbocycles. The van der Waals surface area contributed by atoms with Gasteiger partial charge in [0.15, 0.2) is 5.75 Å². The average molecular weight is 221 g/mol. The second-order valence-corrected chi connectivity index (χ2v) is 3.77. The van der Waals surface area contributed by atoms with Crippen molar-refractivity contribution in [3.05, 3.63) is 30.3 Å². The average Bonchev–Trinajstić information content (AvgIpc) is 2.38. The van der Waals surface area contributed by atoms with Crippen LogP contribution in [0, 0.1) is 5.92 Å². The molecule has 4 nitrogen and oxygen atoms in total. The van der Waals surface area contributed by atoms with Crippen LogP contribution in [0.25, 0.3) is 0 Å². The first-order valence-corrected chi connectivity index (χ1v) is 5.46. The standard InChI is InChI=1S/C12H15NO3/c14-12(10-6-8-15-9-7-10)13-16-11-4-2-1-3-5-11/h1-5,10H,6-9H2,(H,13,14). The summed E-state index contributed by atoms with van der Waals surface area (Å²) in [6.07, 6.45) is 1.54. The highest BCUT2D eigenvalue weighted by molar-refractivity contribution is 5.77. The second-order valence-electron chi connectivity index (χ2n) is 3.77. The molecule has 0 atom stereocenters. The van der Waals surface area contributed by atoms with Crippen LogP contribution < -0.4 is 10.3 Å². The third-order valence-electron chi connectivity index (χ3n) is 2.60. The number of carbonyl (C=O) groups is 1. The Morgan fingerprint density at radius 1 is 1.25 bits per heavy atom. The van der Waals surface area contributed by atoms with E-state index < -0.39 is 0 Å². The normalized spacial score (nSPS) is 16.8. The molecule has 0 aromatic heterocycles. The lowest BCUT2D eigenvalue weighted by atomic mass is 10.00. The lowest BCUT2D eigenvalue weighted by Crippen LogP contribution is -2.36. The van der Waals surface area contributed by atoms with E-state index in [0.29, 0.717) is 19.0 Å². The number of carbonyl (C=O) groups excluding carboxylic acids is 1. The Hall–Kier alpha value is -1.55. The van der Waals surface area contributed by atoms with Crippen LogP contribution in [0.2, 0.25) is 0 Å². The van der Waals surface area contributed by atoms with Gasteiger partial charge in [0.1, 0.15) is 0 Å². The molecule has 1 aliphatic rings. The van der Waals surface area contributed by atoms with Gasteiger partial charge in [-0.05, 0) is 25.0 Å². The summed E-state index contributed by atoms with van der Waals surface area (Å²) in [4.78, 5) is 16.9. The fraction of sp³-hybridized carbons (Fsp3) is 0.417. The van der Waals surface area contributed by atoms with Crippen molar-refractivity contribution in [3.63, 3.8) is 0 Å². The van der Waals surface area contributed by atoms with Gasteiger partial charge in [-0.25, -0.2) is 0 Å². The van der Waals surface area contributed by atoms with E-state index in [-0.39, 0.29) is 11.8 Å². The molecule has 86 valence electrons. The van der Waals surface area contributed by atoms with E-state index in [9.17, 15) is 4.79 Å². The van der Waals surface area contributed by atoms with Crippen molar-refractivity contribution in [2.45, 2.75) is 12.8 Å². The van der Waals surface area contributed by atoms with Gasteiger partial charge in [0.2, 0.25) is 0 Å². The molecule has 1 saturated heterocycles. The predicted molar refractivity (Wildman–Crippen MR) is 58.8 cm³/mol. The number of para-hydroxylation sites is 1. The third-order valence-corrected chi connectivity index (χ3v) is 2.60. The van der Waals surface area contributed by atoms with Crippen LogP contribution in [0.3, 0.4) is 0 Å². The predicted octanol–water partition coefficient (Wildman–Crippen LogP) is 1.52. The number of hydrogen-bond acceptors (Lipinski definition) is 3. The number of amides is 1. The number of ether oxygens (including phenoxy) is 1. The van der Waals surface area contributed by atoms with Crippen molar-refractivity contribution < 1.29 is 14.4 Å². The molecule has 1 heterocycles. The van der Waals surface area contributed by atoms with E-state index in [2.05, 4.69) is 5.48 Å². The van der Waals surface area contributed by atoms with Crippen LogP contribution in [-0.2, 0) is 9.53 Å². The molecule has 0 radical (unpaired) electrons. The summed E-state index contributed by atoms with van der Waals surface area (Å²) in [5.41, 5.74) is 2.47. The molecule has 0 spiro atoms. The van der Waals surface area contributed by atoms with Crippen LogP contribution >= 0.6 is 0 Å². The highest BCUT2D eigenvalue weighted by Crippen LogP contribution is 2.15. The quantitative estimate of drug-likeness (QED) is 0.787. The van der Waals surface area contributed by atoms with E-state index in [4.69, 9.17) is 9.57 Å². The Bertz CT molecular complexity index is 333. The Balaban J connectivity index is 1.79. The zero-order valence-corrected chi connectivity index (χ0v) is 9.02. The summed E-state index contributed by atoms with van der Waals surface area (Å²) in [6.45, 7) is 1.31. The number of hydrogen-bond donors (Lipinski definition) is 1. The first-order valence-electron chi connectivity index (χ1n) is 5.46. The van der Waals surface area contributed by atoms with Crippen molar-refractivity contribution in [2.24, 2.45) is 5.92 Å². The van der Waals surface area contributed by atoms with Gasteiger partial charge in [0.25, 0.3) is 5.91 Å². The van der Waals surface area contributed by atoms with Crippen molar-refractivity contribution >= 4 is 5.91 Å². The fourth-order valence-corrected chi connectivity index (χ4v) is 1.64. The Morgan fingerprint density at radius 2 is 1.94 bits per heavy atom. The maximum atomic E-state index is 11.7. The maximum Gasteiger partial charge on any atom is 0.255 e. The summed E-state index contributed by atoms with van der Waals surface area (Å²) in [5, 5.41) is 0. The Morgan fingerprint density at radius 3 is 2.62 bits per heavy atom. The summed E-state index contributed by atoms with van der Waals surface area (Å²) < 4.78 is 5.19. The zero-order valence-electron chi connectivity index (χ0n) is 9.02. The third kappa shape index (κ3) is 2.97.